The lowest BCUT2D eigenvalue weighted by atomic mass is 10.3. The first-order chi connectivity index (χ1) is 5.15. The molecular weight excluding hydrogens is 267 g/mol. The van der Waals surface area contributed by atoms with Gasteiger partial charge in [0.2, 0.25) is 5.91 Å². The molecule has 1 amide bonds. The second-order valence-corrected chi connectivity index (χ2v) is 3.23. The highest BCUT2D eigenvalue weighted by Gasteiger charge is 2.34. The number of halogens is 3. The summed E-state index contributed by atoms with van der Waals surface area (Å²) in [5.41, 5.74) is 0. The fraction of sp³-hybridized carbons (Fsp3) is 0.833. The predicted molar refractivity (Wildman–Crippen MR) is 45.3 cm³/mol. The van der Waals surface area contributed by atoms with Gasteiger partial charge in [0.25, 0.3) is 0 Å². The largest absolute Gasteiger partial charge is 0.336 e. The van der Waals surface area contributed by atoms with Crippen molar-refractivity contribution < 1.29 is 13.6 Å². The molecule has 11 heavy (non-hydrogen) atoms. The van der Waals surface area contributed by atoms with Crippen molar-refractivity contribution in [3.05, 3.63) is 0 Å². The van der Waals surface area contributed by atoms with Crippen molar-refractivity contribution in [3.63, 3.8) is 0 Å². The first-order valence-electron chi connectivity index (χ1n) is 3.27. The lowest BCUT2D eigenvalue weighted by molar-refractivity contribution is -0.127. The lowest BCUT2D eigenvalue weighted by Crippen LogP contribution is -2.29. The van der Waals surface area contributed by atoms with Gasteiger partial charge >= 0.3 is 0 Å². The van der Waals surface area contributed by atoms with Gasteiger partial charge < -0.3 is 4.90 Å². The van der Waals surface area contributed by atoms with Crippen LogP contribution in [0.1, 0.15) is 0 Å². The van der Waals surface area contributed by atoms with Crippen LogP contribution in [-0.2, 0) is 4.79 Å². The topological polar surface area (TPSA) is 20.3 Å². The molecule has 1 aliphatic heterocycles. The van der Waals surface area contributed by atoms with Crippen LogP contribution in [-0.4, -0.2) is 40.7 Å². The summed E-state index contributed by atoms with van der Waals surface area (Å²) in [5, 5.41) is 0. The Kier molecular flexibility index (Phi) is 3.03. The van der Waals surface area contributed by atoms with Crippen molar-refractivity contribution in [2.24, 2.45) is 0 Å². The molecule has 2 atom stereocenters. The van der Waals surface area contributed by atoms with Crippen molar-refractivity contribution in [1.82, 2.24) is 4.90 Å². The fourth-order valence-corrected chi connectivity index (χ4v) is 1.49. The highest BCUT2D eigenvalue weighted by atomic mass is 127. The number of nitrogens with zero attached hydrogens (tertiary/aromatic N) is 1. The third kappa shape index (κ3) is 2.00. The van der Waals surface area contributed by atoms with E-state index in [9.17, 15) is 13.6 Å². The van der Waals surface area contributed by atoms with Crippen LogP contribution < -0.4 is 0 Å². The Morgan fingerprint density at radius 3 is 2.27 bits per heavy atom. The molecule has 0 N–H and O–H groups in total. The van der Waals surface area contributed by atoms with Crippen molar-refractivity contribution in [2.45, 2.75) is 12.3 Å². The van der Waals surface area contributed by atoms with E-state index < -0.39 is 12.3 Å². The van der Waals surface area contributed by atoms with E-state index in [1.807, 2.05) is 22.6 Å². The van der Waals surface area contributed by atoms with E-state index in [0.717, 1.165) is 0 Å². The van der Waals surface area contributed by atoms with Gasteiger partial charge in [-0.3, -0.25) is 4.79 Å². The third-order valence-corrected chi connectivity index (χ3v) is 2.30. The molecule has 1 fully saturated rings. The molecule has 1 saturated heterocycles. The third-order valence-electron chi connectivity index (χ3n) is 1.65. The van der Waals surface area contributed by atoms with Crippen LogP contribution in [0.4, 0.5) is 8.78 Å². The van der Waals surface area contributed by atoms with Crippen LogP contribution in [0.3, 0.4) is 0 Å². The summed E-state index contributed by atoms with van der Waals surface area (Å²) in [6.45, 7) is -0.161. The minimum Gasteiger partial charge on any atom is -0.336 e. The SMILES string of the molecule is O=C(CI)N1CC(F)C(F)C1. The van der Waals surface area contributed by atoms with Crippen LogP contribution in [0.5, 0.6) is 0 Å². The zero-order valence-electron chi connectivity index (χ0n) is 5.77. The molecule has 0 aromatic rings. The van der Waals surface area contributed by atoms with Crippen LogP contribution in [0.25, 0.3) is 0 Å². The summed E-state index contributed by atoms with van der Waals surface area (Å²) in [4.78, 5) is 12.1. The summed E-state index contributed by atoms with van der Waals surface area (Å²) >= 11 is 1.88. The van der Waals surface area contributed by atoms with Crippen LogP contribution >= 0.6 is 22.6 Å². The predicted octanol–water partition coefficient (Wildman–Crippen LogP) is 0.940. The van der Waals surface area contributed by atoms with Gasteiger partial charge in [0.1, 0.15) is 0 Å². The molecule has 0 aliphatic carbocycles. The van der Waals surface area contributed by atoms with Crippen LogP contribution in [0.2, 0.25) is 0 Å². The van der Waals surface area contributed by atoms with Crippen molar-refractivity contribution in [1.29, 1.82) is 0 Å². The summed E-state index contributed by atoms with van der Waals surface area (Å²) in [6.07, 6.45) is -2.97. The Hall–Kier alpha value is 0.0600. The molecule has 0 aromatic carbocycles. The number of carbonyl (C=O) groups excluding carboxylic acids is 1. The molecule has 0 aromatic heterocycles. The molecule has 2 unspecified atom stereocenters. The second-order valence-electron chi connectivity index (χ2n) is 2.46. The van der Waals surface area contributed by atoms with E-state index in [4.69, 9.17) is 0 Å². The van der Waals surface area contributed by atoms with Crippen LogP contribution in [0.15, 0.2) is 0 Å². The Labute approximate surface area is 77.1 Å². The number of alkyl halides is 3. The molecule has 0 saturated carbocycles. The smallest absolute Gasteiger partial charge is 0.232 e. The summed E-state index contributed by atoms with van der Waals surface area (Å²) in [7, 11) is 0. The molecule has 0 bridgehead atoms. The molecule has 5 heteroatoms. The summed E-state index contributed by atoms with van der Waals surface area (Å²) in [5.74, 6) is -0.187. The molecule has 0 spiro atoms. The van der Waals surface area contributed by atoms with E-state index in [0.29, 0.717) is 0 Å². The Morgan fingerprint density at radius 2 is 1.91 bits per heavy atom. The average Bonchev–Trinajstić information content (AvgIpc) is 2.31. The second kappa shape index (κ2) is 3.64. The van der Waals surface area contributed by atoms with Gasteiger partial charge in [-0.05, 0) is 0 Å². The van der Waals surface area contributed by atoms with E-state index in [-0.39, 0.29) is 23.4 Å². The van der Waals surface area contributed by atoms with Gasteiger partial charge in [0.05, 0.1) is 17.5 Å². The molecule has 2 nitrogen and oxygen atoms in total. The summed E-state index contributed by atoms with van der Waals surface area (Å²) < 4.78 is 25.3. The lowest BCUT2D eigenvalue weighted by Gasteiger charge is -2.11. The van der Waals surface area contributed by atoms with Gasteiger partial charge in [0.15, 0.2) is 12.3 Å². The van der Waals surface area contributed by atoms with Crippen molar-refractivity contribution in [3.8, 4) is 0 Å². The van der Waals surface area contributed by atoms with Crippen LogP contribution in [0, 0.1) is 0 Å². The number of hydrogen-bond donors (Lipinski definition) is 0. The zero-order valence-corrected chi connectivity index (χ0v) is 7.92. The minimum absolute atomic E-state index is 0.0804. The fourth-order valence-electron chi connectivity index (χ4n) is 1.01. The molecular formula is C6H8F2INO. The normalized spacial score (nSPS) is 31.0. The average molecular weight is 275 g/mol. The number of likely N-dealkylation sites (tertiary alicyclic amines) is 1. The first kappa shape index (κ1) is 9.15. The van der Waals surface area contributed by atoms with Gasteiger partial charge in [-0.1, -0.05) is 22.6 Å². The summed E-state index contributed by atoms with van der Waals surface area (Å²) in [6, 6.07) is 0. The number of rotatable bonds is 1. The molecule has 1 heterocycles. The Morgan fingerprint density at radius 1 is 1.45 bits per heavy atom. The molecule has 1 aliphatic rings. The van der Waals surface area contributed by atoms with Gasteiger partial charge in [-0.15, -0.1) is 0 Å². The maximum absolute atomic E-state index is 12.5. The minimum atomic E-state index is -1.48. The highest BCUT2D eigenvalue weighted by molar-refractivity contribution is 14.1. The first-order valence-corrected chi connectivity index (χ1v) is 4.79. The Bertz CT molecular complexity index is 157. The standard InChI is InChI=1S/C6H8F2INO/c7-4-2-10(3-5(4)8)6(11)1-9/h4-5H,1-3H2. The zero-order chi connectivity index (χ0) is 8.43. The molecule has 0 radical (unpaired) electrons. The monoisotopic (exact) mass is 275 g/mol. The molecule has 1 rings (SSSR count). The van der Waals surface area contributed by atoms with Gasteiger partial charge in [-0.25, -0.2) is 8.78 Å². The number of carbonyl (C=O) groups is 1. The van der Waals surface area contributed by atoms with Gasteiger partial charge in [-0.2, -0.15) is 0 Å². The van der Waals surface area contributed by atoms with E-state index in [1.54, 1.807) is 0 Å². The van der Waals surface area contributed by atoms with E-state index in [1.165, 1.54) is 4.90 Å². The van der Waals surface area contributed by atoms with E-state index in [2.05, 4.69) is 0 Å². The maximum Gasteiger partial charge on any atom is 0.232 e. The molecule has 64 valence electrons. The van der Waals surface area contributed by atoms with Gasteiger partial charge in [0, 0.05) is 0 Å². The van der Waals surface area contributed by atoms with Crippen molar-refractivity contribution >= 4 is 28.5 Å². The van der Waals surface area contributed by atoms with Crippen molar-refractivity contribution in [2.75, 3.05) is 17.5 Å². The Balaban J connectivity index is 2.46. The highest BCUT2D eigenvalue weighted by Crippen LogP contribution is 2.16. The number of hydrogen-bond acceptors (Lipinski definition) is 1. The quantitative estimate of drug-likeness (QED) is 0.515. The van der Waals surface area contributed by atoms with E-state index >= 15 is 0 Å². The number of amides is 1. The maximum atomic E-state index is 12.5.